The minimum atomic E-state index is -0.888. The molecule has 20 heavy (non-hydrogen) atoms. The summed E-state index contributed by atoms with van der Waals surface area (Å²) >= 11 is 1.52. The third kappa shape index (κ3) is 4.28. The standard InChI is InChI=1S/C15H25NO3S/c1-6-8-10(13(18)19-7-2)12(17)11-9-20-14(16-11)15(3,4)5/h9-10,12,17H,6-8H2,1-5H3. The average molecular weight is 299 g/mol. The van der Waals surface area contributed by atoms with Gasteiger partial charge in [-0.1, -0.05) is 34.1 Å². The highest BCUT2D eigenvalue weighted by molar-refractivity contribution is 7.09. The minimum absolute atomic E-state index is 0.0488. The van der Waals surface area contributed by atoms with Crippen molar-refractivity contribution in [3.8, 4) is 0 Å². The van der Waals surface area contributed by atoms with Crippen LogP contribution in [0.25, 0.3) is 0 Å². The first kappa shape index (κ1) is 17.1. The molecule has 0 aromatic carbocycles. The van der Waals surface area contributed by atoms with Gasteiger partial charge in [-0.2, -0.15) is 0 Å². The van der Waals surface area contributed by atoms with E-state index in [2.05, 4.69) is 25.8 Å². The van der Waals surface area contributed by atoms with Crippen LogP contribution in [0.3, 0.4) is 0 Å². The fraction of sp³-hybridized carbons (Fsp3) is 0.733. The van der Waals surface area contributed by atoms with Crippen LogP contribution < -0.4 is 0 Å². The molecule has 114 valence electrons. The summed E-state index contributed by atoms with van der Waals surface area (Å²) in [6, 6.07) is 0. The second-order valence-corrected chi connectivity index (χ2v) is 6.78. The van der Waals surface area contributed by atoms with Gasteiger partial charge in [-0.3, -0.25) is 4.79 Å². The molecule has 1 aromatic heterocycles. The molecule has 0 fully saturated rings. The molecule has 1 rings (SSSR count). The molecule has 1 N–H and O–H groups in total. The van der Waals surface area contributed by atoms with E-state index in [0.29, 0.717) is 18.7 Å². The zero-order valence-corrected chi connectivity index (χ0v) is 13.8. The van der Waals surface area contributed by atoms with Crippen LogP contribution in [-0.2, 0) is 14.9 Å². The quantitative estimate of drug-likeness (QED) is 0.817. The molecule has 0 radical (unpaired) electrons. The average Bonchev–Trinajstić information content (AvgIpc) is 2.84. The number of rotatable bonds is 6. The van der Waals surface area contributed by atoms with Crippen molar-refractivity contribution in [1.82, 2.24) is 4.98 Å². The van der Waals surface area contributed by atoms with Gasteiger partial charge in [0.1, 0.15) is 6.10 Å². The fourth-order valence-corrected chi connectivity index (χ4v) is 2.87. The molecule has 2 atom stereocenters. The molecule has 0 aliphatic rings. The molecule has 4 nitrogen and oxygen atoms in total. The van der Waals surface area contributed by atoms with Crippen molar-refractivity contribution >= 4 is 17.3 Å². The van der Waals surface area contributed by atoms with Gasteiger partial charge >= 0.3 is 5.97 Å². The van der Waals surface area contributed by atoms with Gasteiger partial charge in [-0.05, 0) is 13.3 Å². The van der Waals surface area contributed by atoms with E-state index in [9.17, 15) is 9.90 Å². The normalized spacial score (nSPS) is 14.9. The number of carbonyl (C=O) groups is 1. The Kier molecular flexibility index (Phi) is 6.14. The van der Waals surface area contributed by atoms with Gasteiger partial charge in [0.15, 0.2) is 0 Å². The lowest BCUT2D eigenvalue weighted by atomic mass is 9.95. The molecule has 1 aromatic rings. The number of thiazole rings is 1. The number of nitrogens with zero attached hydrogens (tertiary/aromatic N) is 1. The highest BCUT2D eigenvalue weighted by Gasteiger charge is 2.31. The van der Waals surface area contributed by atoms with Crippen LogP contribution in [0.4, 0.5) is 0 Å². The van der Waals surface area contributed by atoms with Gasteiger partial charge in [0.05, 0.1) is 23.2 Å². The van der Waals surface area contributed by atoms with Crippen molar-refractivity contribution in [3.05, 3.63) is 16.1 Å². The Balaban J connectivity index is 2.91. The van der Waals surface area contributed by atoms with Crippen LogP contribution in [0, 0.1) is 5.92 Å². The molecule has 0 amide bonds. The molecular formula is C15H25NO3S. The number of hydrogen-bond donors (Lipinski definition) is 1. The molecule has 0 aliphatic carbocycles. The minimum Gasteiger partial charge on any atom is -0.466 e. The van der Waals surface area contributed by atoms with E-state index >= 15 is 0 Å². The Morgan fingerprint density at radius 3 is 2.55 bits per heavy atom. The molecule has 0 aliphatic heterocycles. The van der Waals surface area contributed by atoms with Crippen molar-refractivity contribution in [2.45, 2.75) is 59.0 Å². The number of aliphatic hydroxyl groups is 1. The Hall–Kier alpha value is -0.940. The third-order valence-corrected chi connectivity index (χ3v) is 4.32. The molecule has 2 unspecified atom stereocenters. The summed E-state index contributed by atoms with van der Waals surface area (Å²) in [5.74, 6) is -0.873. The van der Waals surface area contributed by atoms with E-state index in [1.165, 1.54) is 11.3 Å². The number of esters is 1. The molecule has 5 heteroatoms. The lowest BCUT2D eigenvalue weighted by Gasteiger charge is -2.20. The number of aromatic nitrogens is 1. The highest BCUT2D eigenvalue weighted by Crippen LogP contribution is 2.32. The van der Waals surface area contributed by atoms with Crippen LogP contribution >= 0.6 is 11.3 Å². The Labute approximate surface area is 125 Å². The first-order chi connectivity index (χ1) is 9.31. The molecule has 0 bridgehead atoms. The first-order valence-electron chi connectivity index (χ1n) is 7.11. The Morgan fingerprint density at radius 1 is 1.45 bits per heavy atom. The van der Waals surface area contributed by atoms with Gasteiger partial charge in [-0.15, -0.1) is 11.3 Å². The predicted molar refractivity (Wildman–Crippen MR) is 80.8 cm³/mol. The van der Waals surface area contributed by atoms with E-state index in [-0.39, 0.29) is 11.4 Å². The van der Waals surface area contributed by atoms with E-state index in [1.54, 1.807) is 6.92 Å². The molecule has 0 spiro atoms. The van der Waals surface area contributed by atoms with Crippen molar-refractivity contribution in [1.29, 1.82) is 0 Å². The Morgan fingerprint density at radius 2 is 2.10 bits per heavy atom. The predicted octanol–water partition coefficient (Wildman–Crippen LogP) is 3.45. The van der Waals surface area contributed by atoms with E-state index in [1.807, 2.05) is 12.3 Å². The van der Waals surface area contributed by atoms with Crippen LogP contribution in [0.5, 0.6) is 0 Å². The zero-order valence-electron chi connectivity index (χ0n) is 13.0. The van der Waals surface area contributed by atoms with Crippen LogP contribution in [-0.4, -0.2) is 22.7 Å². The lowest BCUT2D eigenvalue weighted by Crippen LogP contribution is -2.25. The van der Waals surface area contributed by atoms with E-state index in [4.69, 9.17) is 4.74 Å². The Bertz CT molecular complexity index is 437. The number of ether oxygens (including phenoxy) is 1. The molecule has 1 heterocycles. The fourth-order valence-electron chi connectivity index (χ4n) is 1.94. The summed E-state index contributed by atoms with van der Waals surface area (Å²) in [6.45, 7) is 10.3. The van der Waals surface area contributed by atoms with Crippen LogP contribution in [0.1, 0.15) is 64.3 Å². The summed E-state index contributed by atoms with van der Waals surface area (Å²) in [5, 5.41) is 13.2. The molecule has 0 saturated carbocycles. The topological polar surface area (TPSA) is 59.4 Å². The summed E-state index contributed by atoms with van der Waals surface area (Å²) in [5.41, 5.74) is 0.527. The van der Waals surface area contributed by atoms with Gasteiger partial charge in [-0.25, -0.2) is 4.98 Å². The molecule has 0 saturated heterocycles. The summed E-state index contributed by atoms with van der Waals surface area (Å²) < 4.78 is 5.05. The van der Waals surface area contributed by atoms with Crippen LogP contribution in [0.15, 0.2) is 5.38 Å². The van der Waals surface area contributed by atoms with Crippen LogP contribution in [0.2, 0.25) is 0 Å². The van der Waals surface area contributed by atoms with Gasteiger partial charge in [0.2, 0.25) is 0 Å². The van der Waals surface area contributed by atoms with Gasteiger partial charge in [0.25, 0.3) is 0 Å². The molecular weight excluding hydrogens is 274 g/mol. The van der Waals surface area contributed by atoms with Crippen molar-refractivity contribution in [3.63, 3.8) is 0 Å². The smallest absolute Gasteiger partial charge is 0.311 e. The second kappa shape index (κ2) is 7.18. The third-order valence-electron chi connectivity index (χ3n) is 3.04. The number of aliphatic hydroxyl groups excluding tert-OH is 1. The number of hydrogen-bond acceptors (Lipinski definition) is 5. The maximum absolute atomic E-state index is 11.9. The zero-order chi connectivity index (χ0) is 15.3. The van der Waals surface area contributed by atoms with Gasteiger partial charge < -0.3 is 9.84 Å². The first-order valence-corrected chi connectivity index (χ1v) is 7.99. The summed E-state index contributed by atoms with van der Waals surface area (Å²) in [7, 11) is 0. The second-order valence-electron chi connectivity index (χ2n) is 5.92. The largest absolute Gasteiger partial charge is 0.466 e. The summed E-state index contributed by atoms with van der Waals surface area (Å²) in [4.78, 5) is 16.4. The SMILES string of the molecule is CCCC(C(=O)OCC)C(O)c1csc(C(C)(C)C)n1. The maximum atomic E-state index is 11.9. The monoisotopic (exact) mass is 299 g/mol. The lowest BCUT2D eigenvalue weighted by molar-refractivity contribution is -0.152. The van der Waals surface area contributed by atoms with Crippen molar-refractivity contribution in [2.75, 3.05) is 6.61 Å². The summed E-state index contributed by atoms with van der Waals surface area (Å²) in [6.07, 6.45) is 0.528. The maximum Gasteiger partial charge on any atom is 0.311 e. The van der Waals surface area contributed by atoms with E-state index < -0.39 is 12.0 Å². The van der Waals surface area contributed by atoms with Gasteiger partial charge in [0, 0.05) is 10.8 Å². The van der Waals surface area contributed by atoms with Crippen molar-refractivity contribution in [2.24, 2.45) is 5.92 Å². The van der Waals surface area contributed by atoms with E-state index in [0.717, 1.165) is 11.4 Å². The van der Waals surface area contributed by atoms with Crippen molar-refractivity contribution < 1.29 is 14.6 Å². The highest BCUT2D eigenvalue weighted by atomic mass is 32.1. The number of carbonyl (C=O) groups excluding carboxylic acids is 1.